The first-order valence-corrected chi connectivity index (χ1v) is 8.48. The van der Waals surface area contributed by atoms with Crippen LogP contribution >= 0.6 is 11.6 Å². The molecule has 1 aromatic heterocycles. The zero-order chi connectivity index (χ0) is 17.2. The van der Waals surface area contributed by atoms with Crippen LogP contribution < -0.4 is 0 Å². The van der Waals surface area contributed by atoms with Gasteiger partial charge in [0.25, 0.3) is 0 Å². The fraction of sp³-hybridized carbons (Fsp3) is 0.211. The van der Waals surface area contributed by atoms with Crippen molar-refractivity contribution in [1.29, 1.82) is 0 Å². The molecule has 3 aromatic rings. The fourth-order valence-corrected chi connectivity index (χ4v) is 2.96. The van der Waals surface area contributed by atoms with Crippen molar-refractivity contribution >= 4 is 17.5 Å². The van der Waals surface area contributed by atoms with Gasteiger partial charge >= 0.3 is 0 Å². The lowest BCUT2D eigenvalue weighted by Crippen LogP contribution is -2.49. The first kappa shape index (κ1) is 15.8. The minimum Gasteiger partial charge on any atom is -0.341 e. The third kappa shape index (κ3) is 3.42. The van der Waals surface area contributed by atoms with Crippen molar-refractivity contribution in [1.82, 2.24) is 15.0 Å². The van der Waals surface area contributed by atoms with Crippen LogP contribution in [0.4, 0.5) is 0 Å². The predicted octanol–water partition coefficient (Wildman–Crippen LogP) is 3.56. The Morgan fingerprint density at radius 1 is 1.12 bits per heavy atom. The molecule has 1 fully saturated rings. The quantitative estimate of drug-likeness (QED) is 0.719. The van der Waals surface area contributed by atoms with E-state index in [0.717, 1.165) is 11.1 Å². The number of hydrogen-bond donors (Lipinski definition) is 0. The van der Waals surface area contributed by atoms with Gasteiger partial charge in [-0.05, 0) is 17.7 Å². The van der Waals surface area contributed by atoms with Crippen LogP contribution in [0.15, 0.2) is 59.1 Å². The standard InChI is InChI=1S/C19H16ClN3O2/c20-16-8-6-13(7-9-16)10-17(24)23-11-15(12-23)19-21-18(22-25-19)14-4-2-1-3-5-14/h1-9,15H,10-12H2. The van der Waals surface area contributed by atoms with Crippen LogP contribution in [-0.4, -0.2) is 34.0 Å². The first-order valence-electron chi connectivity index (χ1n) is 8.10. The van der Waals surface area contributed by atoms with E-state index >= 15 is 0 Å². The maximum atomic E-state index is 12.3. The molecule has 1 aliphatic heterocycles. The summed E-state index contributed by atoms with van der Waals surface area (Å²) in [5.74, 6) is 1.39. The van der Waals surface area contributed by atoms with E-state index in [1.54, 1.807) is 12.1 Å². The topological polar surface area (TPSA) is 59.2 Å². The van der Waals surface area contributed by atoms with E-state index in [4.69, 9.17) is 16.1 Å². The van der Waals surface area contributed by atoms with Crippen LogP contribution in [-0.2, 0) is 11.2 Å². The summed E-state index contributed by atoms with van der Waals surface area (Å²) in [5, 5.41) is 4.71. The molecule has 0 bridgehead atoms. The molecule has 5 nitrogen and oxygen atoms in total. The van der Waals surface area contributed by atoms with Gasteiger partial charge in [0.2, 0.25) is 17.6 Å². The molecule has 6 heteroatoms. The van der Waals surface area contributed by atoms with Gasteiger partial charge in [-0.25, -0.2) is 0 Å². The van der Waals surface area contributed by atoms with E-state index in [2.05, 4.69) is 10.1 Å². The van der Waals surface area contributed by atoms with Crippen molar-refractivity contribution in [2.24, 2.45) is 0 Å². The van der Waals surface area contributed by atoms with E-state index < -0.39 is 0 Å². The molecule has 1 saturated heterocycles. The van der Waals surface area contributed by atoms with Crippen LogP contribution in [0.3, 0.4) is 0 Å². The molecule has 0 spiro atoms. The SMILES string of the molecule is O=C(Cc1ccc(Cl)cc1)N1CC(c2nc(-c3ccccc3)no2)C1. The third-order valence-electron chi connectivity index (χ3n) is 4.33. The van der Waals surface area contributed by atoms with E-state index in [9.17, 15) is 4.79 Å². The predicted molar refractivity (Wildman–Crippen MR) is 94.2 cm³/mol. The molecule has 1 amide bonds. The van der Waals surface area contributed by atoms with Crippen LogP contribution in [0.1, 0.15) is 17.4 Å². The van der Waals surface area contributed by atoms with Gasteiger partial charge in [0.05, 0.1) is 12.3 Å². The Bertz CT molecular complexity index is 871. The molecule has 0 atom stereocenters. The monoisotopic (exact) mass is 353 g/mol. The minimum atomic E-state index is 0.0985. The highest BCUT2D eigenvalue weighted by Crippen LogP contribution is 2.28. The van der Waals surface area contributed by atoms with Crippen molar-refractivity contribution in [3.05, 3.63) is 71.1 Å². The van der Waals surface area contributed by atoms with Gasteiger partial charge in [0.1, 0.15) is 0 Å². The van der Waals surface area contributed by atoms with Crippen LogP contribution in [0.25, 0.3) is 11.4 Å². The second-order valence-electron chi connectivity index (χ2n) is 6.12. The van der Waals surface area contributed by atoms with Crippen molar-refractivity contribution in [2.75, 3.05) is 13.1 Å². The Balaban J connectivity index is 1.35. The van der Waals surface area contributed by atoms with Gasteiger partial charge in [-0.2, -0.15) is 4.98 Å². The lowest BCUT2D eigenvalue weighted by Gasteiger charge is -2.37. The molecule has 4 rings (SSSR count). The maximum absolute atomic E-state index is 12.3. The summed E-state index contributed by atoms with van der Waals surface area (Å²) in [7, 11) is 0. The summed E-state index contributed by atoms with van der Waals surface area (Å²) in [6, 6.07) is 17.1. The van der Waals surface area contributed by atoms with Gasteiger partial charge in [-0.15, -0.1) is 0 Å². The molecule has 0 saturated carbocycles. The number of amides is 1. The molecule has 2 aromatic carbocycles. The molecule has 126 valence electrons. The number of carbonyl (C=O) groups is 1. The average Bonchev–Trinajstić information content (AvgIpc) is 3.06. The van der Waals surface area contributed by atoms with E-state index in [1.807, 2.05) is 47.4 Å². The first-order chi connectivity index (χ1) is 12.2. The summed E-state index contributed by atoms with van der Waals surface area (Å²) in [4.78, 5) is 18.6. The zero-order valence-electron chi connectivity index (χ0n) is 13.4. The number of carbonyl (C=O) groups excluding carboxylic acids is 1. The van der Waals surface area contributed by atoms with Gasteiger partial charge in [0, 0.05) is 23.7 Å². The van der Waals surface area contributed by atoms with Crippen LogP contribution in [0.5, 0.6) is 0 Å². The molecule has 0 unspecified atom stereocenters. The maximum Gasteiger partial charge on any atom is 0.233 e. The van der Waals surface area contributed by atoms with Crippen molar-refractivity contribution in [3.8, 4) is 11.4 Å². The smallest absolute Gasteiger partial charge is 0.233 e. The van der Waals surface area contributed by atoms with Gasteiger partial charge in [0.15, 0.2) is 0 Å². The third-order valence-corrected chi connectivity index (χ3v) is 4.58. The Hall–Kier alpha value is -2.66. The number of halogens is 1. The molecule has 25 heavy (non-hydrogen) atoms. The number of likely N-dealkylation sites (tertiary alicyclic amines) is 1. The molecule has 0 aliphatic carbocycles. The average molecular weight is 354 g/mol. The molecule has 1 aliphatic rings. The highest BCUT2D eigenvalue weighted by atomic mass is 35.5. The van der Waals surface area contributed by atoms with Crippen molar-refractivity contribution < 1.29 is 9.32 Å². The van der Waals surface area contributed by atoms with Gasteiger partial charge < -0.3 is 9.42 Å². The number of hydrogen-bond acceptors (Lipinski definition) is 4. The molecule has 0 radical (unpaired) electrons. The van der Waals surface area contributed by atoms with Gasteiger partial charge in [-0.1, -0.05) is 59.2 Å². The summed E-state index contributed by atoms with van der Waals surface area (Å²) in [5.41, 5.74) is 1.88. The number of benzene rings is 2. The van der Waals surface area contributed by atoms with E-state index in [1.165, 1.54) is 0 Å². The van der Waals surface area contributed by atoms with Crippen molar-refractivity contribution in [2.45, 2.75) is 12.3 Å². The van der Waals surface area contributed by atoms with E-state index in [-0.39, 0.29) is 11.8 Å². The second kappa shape index (κ2) is 6.69. The normalized spacial score (nSPS) is 14.4. The molecule has 0 N–H and O–H groups in total. The lowest BCUT2D eigenvalue weighted by atomic mass is 9.99. The summed E-state index contributed by atoms with van der Waals surface area (Å²) in [6.45, 7) is 1.23. The lowest BCUT2D eigenvalue weighted by molar-refractivity contribution is -0.135. The Morgan fingerprint density at radius 3 is 2.56 bits per heavy atom. The Kier molecular flexibility index (Phi) is 4.24. The molecular formula is C19H16ClN3O2. The zero-order valence-corrected chi connectivity index (χ0v) is 14.2. The highest BCUT2D eigenvalue weighted by Gasteiger charge is 2.35. The Morgan fingerprint density at radius 2 is 1.84 bits per heavy atom. The molecular weight excluding hydrogens is 338 g/mol. The number of aromatic nitrogens is 2. The van der Waals surface area contributed by atoms with Crippen molar-refractivity contribution in [3.63, 3.8) is 0 Å². The van der Waals surface area contributed by atoms with Gasteiger partial charge in [-0.3, -0.25) is 4.79 Å². The number of rotatable bonds is 4. The summed E-state index contributed by atoms with van der Waals surface area (Å²) in [6.07, 6.45) is 0.378. The summed E-state index contributed by atoms with van der Waals surface area (Å²) >= 11 is 5.86. The minimum absolute atomic E-state index is 0.0985. The fourth-order valence-electron chi connectivity index (χ4n) is 2.83. The largest absolute Gasteiger partial charge is 0.341 e. The number of nitrogens with zero attached hydrogens (tertiary/aromatic N) is 3. The highest BCUT2D eigenvalue weighted by molar-refractivity contribution is 6.30. The van der Waals surface area contributed by atoms with Crippen LogP contribution in [0.2, 0.25) is 5.02 Å². The second-order valence-corrected chi connectivity index (χ2v) is 6.56. The summed E-state index contributed by atoms with van der Waals surface area (Å²) < 4.78 is 5.37. The van der Waals surface area contributed by atoms with E-state index in [0.29, 0.717) is 36.2 Å². The Labute approximate surface area is 150 Å². The molecule has 2 heterocycles. The van der Waals surface area contributed by atoms with Crippen LogP contribution in [0, 0.1) is 0 Å².